The maximum atomic E-state index is 13.3. The van der Waals surface area contributed by atoms with Gasteiger partial charge in [0, 0.05) is 25.8 Å². The highest BCUT2D eigenvalue weighted by atomic mass is 35.5. The molecule has 1 fully saturated rings. The van der Waals surface area contributed by atoms with E-state index in [4.69, 9.17) is 16.3 Å². The average Bonchev–Trinajstić information content (AvgIpc) is 2.70. The molecule has 2 atom stereocenters. The lowest BCUT2D eigenvalue weighted by Crippen LogP contribution is -2.33. The van der Waals surface area contributed by atoms with Crippen LogP contribution >= 0.6 is 11.6 Å². The predicted octanol–water partition coefficient (Wildman–Crippen LogP) is 4.06. The highest BCUT2D eigenvalue weighted by molar-refractivity contribution is 7.91. The summed E-state index contributed by atoms with van der Waals surface area (Å²) in [6.07, 6.45) is 2.24. The fourth-order valence-corrected chi connectivity index (χ4v) is 5.95. The summed E-state index contributed by atoms with van der Waals surface area (Å²) in [5, 5.41) is 0. The number of sulfone groups is 1. The molecule has 2 aliphatic rings. The van der Waals surface area contributed by atoms with Gasteiger partial charge in [-0.1, -0.05) is 12.1 Å². The Morgan fingerprint density at radius 2 is 1.90 bits per heavy atom. The van der Waals surface area contributed by atoms with Crippen LogP contribution < -0.4 is 4.90 Å². The summed E-state index contributed by atoms with van der Waals surface area (Å²) in [6, 6.07) is 11.9. The lowest BCUT2D eigenvalue weighted by atomic mass is 9.88. The number of amides is 1. The van der Waals surface area contributed by atoms with Gasteiger partial charge in [-0.25, -0.2) is 8.42 Å². The minimum atomic E-state index is -3.70. The quantitative estimate of drug-likeness (QED) is 0.684. The van der Waals surface area contributed by atoms with Crippen LogP contribution in [-0.4, -0.2) is 34.1 Å². The van der Waals surface area contributed by atoms with E-state index in [9.17, 15) is 13.2 Å². The third-order valence-corrected chi connectivity index (χ3v) is 8.19. The number of halogens is 1. The van der Waals surface area contributed by atoms with Gasteiger partial charge in [0.15, 0.2) is 0 Å². The summed E-state index contributed by atoms with van der Waals surface area (Å²) >= 11 is 6.88. The molecule has 0 N–H and O–H groups in total. The normalized spacial score (nSPS) is 25.0. The van der Waals surface area contributed by atoms with Crippen molar-refractivity contribution in [3.8, 4) is 0 Å². The highest BCUT2D eigenvalue weighted by Gasteiger charge is 2.36. The second kappa shape index (κ2) is 7.42. The highest BCUT2D eigenvalue weighted by Crippen LogP contribution is 2.42. The van der Waals surface area contributed by atoms with Crippen molar-refractivity contribution in [3.63, 3.8) is 0 Å². The summed E-state index contributed by atoms with van der Waals surface area (Å²) in [7, 11) is -1.98. The van der Waals surface area contributed by atoms with Gasteiger partial charge in [-0.2, -0.15) is 0 Å². The Morgan fingerprint density at radius 3 is 2.66 bits per heavy atom. The molecule has 0 unspecified atom stereocenters. The number of ether oxygens (including phenoxy) is 1. The monoisotopic (exact) mass is 433 g/mol. The van der Waals surface area contributed by atoms with Gasteiger partial charge in [-0.3, -0.25) is 4.79 Å². The molecule has 2 aromatic rings. The van der Waals surface area contributed by atoms with Gasteiger partial charge in [0.05, 0.1) is 20.8 Å². The lowest BCUT2D eigenvalue weighted by molar-refractivity contribution is -0.118. The van der Waals surface area contributed by atoms with Gasteiger partial charge >= 0.3 is 0 Å². The molecule has 4 rings (SSSR count). The number of alkyl halides is 1. The van der Waals surface area contributed by atoms with Gasteiger partial charge in [-0.15, -0.1) is 11.6 Å². The SMILES string of the molecule is C[C@H]1C[C@@](Cl)(c2cccc(S(=O)(=O)c3ccc4c(c3)CCC(=O)N4C)c2)CCO1. The van der Waals surface area contributed by atoms with Gasteiger partial charge < -0.3 is 9.64 Å². The van der Waals surface area contributed by atoms with Crippen molar-refractivity contribution in [1.82, 2.24) is 0 Å². The first-order chi connectivity index (χ1) is 13.7. The minimum absolute atomic E-state index is 0.0295. The first-order valence-electron chi connectivity index (χ1n) is 9.76. The smallest absolute Gasteiger partial charge is 0.227 e. The molecule has 0 saturated carbocycles. The summed E-state index contributed by atoms with van der Waals surface area (Å²) in [4.78, 5) is 13.3. The van der Waals surface area contributed by atoms with Gasteiger partial charge in [0.2, 0.25) is 15.7 Å². The van der Waals surface area contributed by atoms with Crippen LogP contribution in [0.3, 0.4) is 0 Å². The van der Waals surface area contributed by atoms with Crippen LogP contribution in [0.25, 0.3) is 0 Å². The third-order valence-electron chi connectivity index (χ3n) is 5.88. The Kier molecular flexibility index (Phi) is 5.21. The van der Waals surface area contributed by atoms with Crippen molar-refractivity contribution in [2.24, 2.45) is 0 Å². The molecular weight excluding hydrogens is 410 g/mol. The molecule has 0 bridgehead atoms. The Morgan fingerprint density at radius 1 is 1.14 bits per heavy atom. The van der Waals surface area contributed by atoms with Crippen LogP contribution in [0.5, 0.6) is 0 Å². The zero-order chi connectivity index (χ0) is 20.8. The van der Waals surface area contributed by atoms with Gasteiger partial charge in [0.1, 0.15) is 0 Å². The van der Waals surface area contributed by atoms with E-state index in [1.165, 1.54) is 0 Å². The zero-order valence-corrected chi connectivity index (χ0v) is 18.1. The fourth-order valence-electron chi connectivity index (χ4n) is 4.18. The number of nitrogens with zero attached hydrogens (tertiary/aromatic N) is 1. The molecule has 29 heavy (non-hydrogen) atoms. The minimum Gasteiger partial charge on any atom is -0.378 e. The number of aryl methyl sites for hydroxylation is 1. The van der Waals surface area contributed by atoms with Crippen molar-refractivity contribution >= 4 is 33.0 Å². The molecule has 7 heteroatoms. The number of carbonyl (C=O) groups is 1. The molecule has 0 spiro atoms. The number of carbonyl (C=O) groups excluding carboxylic acids is 1. The summed E-state index contributed by atoms with van der Waals surface area (Å²) in [5.74, 6) is 0.0407. The number of benzene rings is 2. The van der Waals surface area contributed by atoms with Crippen molar-refractivity contribution in [2.45, 2.75) is 53.4 Å². The predicted molar refractivity (Wildman–Crippen MR) is 112 cm³/mol. The van der Waals surface area contributed by atoms with E-state index < -0.39 is 14.7 Å². The van der Waals surface area contributed by atoms with E-state index in [1.807, 2.05) is 13.0 Å². The third kappa shape index (κ3) is 3.69. The summed E-state index contributed by atoms with van der Waals surface area (Å²) in [6.45, 7) is 2.53. The average molecular weight is 434 g/mol. The zero-order valence-electron chi connectivity index (χ0n) is 16.5. The molecular formula is C22H24ClNO4S. The standard InChI is InChI=1S/C22H24ClNO4S/c1-15-14-22(23,10-11-28-15)17-4-3-5-18(13-17)29(26,27)19-7-8-20-16(12-19)6-9-21(25)24(20)2/h3-5,7-8,12-13,15H,6,9-11,14H2,1-2H3/t15-,22+/m0/s1. The number of fused-ring (bicyclic) bond motifs is 1. The first kappa shape index (κ1) is 20.4. The molecule has 0 aromatic heterocycles. The second-order valence-electron chi connectivity index (χ2n) is 7.88. The maximum absolute atomic E-state index is 13.3. The second-order valence-corrected chi connectivity index (χ2v) is 10.5. The van der Waals surface area contributed by atoms with Crippen LogP contribution in [0.15, 0.2) is 52.3 Å². The molecule has 2 aromatic carbocycles. The van der Waals surface area contributed by atoms with Crippen molar-refractivity contribution in [1.29, 1.82) is 0 Å². The Bertz CT molecular complexity index is 1070. The molecule has 0 aliphatic carbocycles. The Labute approximate surface area is 176 Å². The molecule has 1 saturated heterocycles. The van der Waals surface area contributed by atoms with Crippen LogP contribution in [0, 0.1) is 0 Å². The topological polar surface area (TPSA) is 63.7 Å². The van der Waals surface area contributed by atoms with Crippen molar-refractivity contribution < 1.29 is 17.9 Å². The van der Waals surface area contributed by atoms with E-state index in [-0.39, 0.29) is 21.8 Å². The number of hydrogen-bond donors (Lipinski definition) is 0. The van der Waals surface area contributed by atoms with Crippen LogP contribution in [-0.2, 0) is 30.7 Å². The number of rotatable bonds is 3. The van der Waals surface area contributed by atoms with E-state index in [0.717, 1.165) is 16.8 Å². The van der Waals surface area contributed by atoms with Crippen molar-refractivity contribution in [2.75, 3.05) is 18.6 Å². The van der Waals surface area contributed by atoms with Gasteiger partial charge in [-0.05, 0) is 67.6 Å². The van der Waals surface area contributed by atoms with Crippen LogP contribution in [0.1, 0.15) is 37.3 Å². The largest absolute Gasteiger partial charge is 0.378 e. The maximum Gasteiger partial charge on any atom is 0.227 e. The van der Waals surface area contributed by atoms with Gasteiger partial charge in [0.25, 0.3) is 0 Å². The lowest BCUT2D eigenvalue weighted by Gasteiger charge is -2.35. The molecule has 2 heterocycles. The van der Waals surface area contributed by atoms with Crippen LogP contribution in [0.4, 0.5) is 5.69 Å². The molecule has 2 aliphatic heterocycles. The Balaban J connectivity index is 1.71. The number of hydrogen-bond acceptors (Lipinski definition) is 4. The van der Waals surface area contributed by atoms with Crippen molar-refractivity contribution in [3.05, 3.63) is 53.6 Å². The first-order valence-corrected chi connectivity index (χ1v) is 11.6. The summed E-state index contributed by atoms with van der Waals surface area (Å²) in [5.41, 5.74) is 2.44. The fraction of sp³-hybridized carbons (Fsp3) is 0.409. The molecule has 5 nitrogen and oxygen atoms in total. The Hall–Kier alpha value is -1.89. The van der Waals surface area contributed by atoms with E-state index in [2.05, 4.69) is 0 Å². The van der Waals surface area contributed by atoms with E-state index in [1.54, 1.807) is 48.3 Å². The van der Waals surface area contributed by atoms with E-state index in [0.29, 0.717) is 32.3 Å². The molecule has 0 radical (unpaired) electrons. The van der Waals surface area contributed by atoms with E-state index >= 15 is 0 Å². The number of anilines is 1. The van der Waals surface area contributed by atoms with Crippen LogP contribution in [0.2, 0.25) is 0 Å². The summed E-state index contributed by atoms with van der Waals surface area (Å²) < 4.78 is 32.2. The molecule has 1 amide bonds. The molecule has 154 valence electrons.